The molecule has 1 heterocycles. The van der Waals surface area contributed by atoms with Gasteiger partial charge in [-0.1, -0.05) is 0 Å². The summed E-state index contributed by atoms with van der Waals surface area (Å²) < 4.78 is 81.8. The summed E-state index contributed by atoms with van der Waals surface area (Å²) in [6.07, 6.45) is -1.52. The fraction of sp³-hybridized carbons (Fsp3) is 0.118. The first-order valence-corrected chi connectivity index (χ1v) is 6.97. The van der Waals surface area contributed by atoms with Gasteiger partial charge in [-0.3, -0.25) is 0 Å². The van der Waals surface area contributed by atoms with Crippen molar-refractivity contribution in [2.45, 2.75) is 12.6 Å². The number of nitrogens with zero attached hydrogens (tertiary/aromatic N) is 1. The minimum absolute atomic E-state index is 0.0112. The number of hydrogen-bond donors (Lipinski definition) is 0. The molecule has 24 heavy (non-hydrogen) atoms. The molecule has 0 aliphatic heterocycles. The van der Waals surface area contributed by atoms with Gasteiger partial charge in [0.15, 0.2) is 23.6 Å². The molecule has 2 aromatic carbocycles. The first kappa shape index (κ1) is 15.0. The Bertz CT molecular complexity index is 1060. The molecule has 0 fully saturated rings. The first-order valence-electron chi connectivity index (χ1n) is 6.97. The summed E-state index contributed by atoms with van der Waals surface area (Å²) in [6.45, 7) is 0. The second-order valence-corrected chi connectivity index (χ2v) is 5.56. The zero-order valence-corrected chi connectivity index (χ0v) is 11.8. The van der Waals surface area contributed by atoms with Gasteiger partial charge in [0, 0.05) is 17.2 Å². The van der Waals surface area contributed by atoms with Crippen LogP contribution in [-0.4, -0.2) is 11.2 Å². The summed E-state index contributed by atoms with van der Waals surface area (Å²) in [5, 5.41) is 0.0775. The summed E-state index contributed by atoms with van der Waals surface area (Å²) in [5.41, 5.74) is 0.142. The average molecular weight is 339 g/mol. The fourth-order valence-electron chi connectivity index (χ4n) is 3.06. The molecule has 1 aliphatic rings. The summed E-state index contributed by atoms with van der Waals surface area (Å²) in [6, 6.07) is 2.40. The average Bonchev–Trinajstić information content (AvgIpc) is 2.53. The Kier molecular flexibility index (Phi) is 3.10. The lowest BCUT2D eigenvalue weighted by molar-refractivity contribution is 0.325. The molecule has 3 aromatic rings. The number of halogens is 6. The highest BCUT2D eigenvalue weighted by Gasteiger charge is 2.27. The Labute approximate surface area is 131 Å². The molecular weight excluding hydrogens is 332 g/mol. The van der Waals surface area contributed by atoms with Crippen molar-refractivity contribution in [1.82, 2.24) is 4.98 Å². The highest BCUT2D eigenvalue weighted by molar-refractivity contribution is 6.11. The third kappa shape index (κ3) is 2.00. The number of allylic oxidation sites excluding steroid dienone is 1. The van der Waals surface area contributed by atoms with Crippen LogP contribution in [0, 0.1) is 23.4 Å². The molecule has 0 amide bonds. The van der Waals surface area contributed by atoms with Crippen LogP contribution >= 0.6 is 0 Å². The maximum atomic E-state index is 13.7. The number of benzene rings is 2. The number of alkyl halides is 1. The second-order valence-electron chi connectivity index (χ2n) is 5.56. The van der Waals surface area contributed by atoms with Gasteiger partial charge in [-0.05, 0) is 40.8 Å². The molecule has 0 spiro atoms. The third-order valence-corrected chi connectivity index (χ3v) is 4.15. The van der Waals surface area contributed by atoms with Gasteiger partial charge in [0.05, 0.1) is 5.52 Å². The van der Waals surface area contributed by atoms with E-state index in [1.54, 1.807) is 0 Å². The highest BCUT2D eigenvalue weighted by Crippen LogP contribution is 2.39. The lowest BCUT2D eigenvalue weighted by Gasteiger charge is -2.20. The van der Waals surface area contributed by atoms with Crippen LogP contribution in [0.5, 0.6) is 0 Å². The van der Waals surface area contributed by atoms with Crippen LogP contribution in [0.3, 0.4) is 0 Å². The molecule has 1 aromatic heterocycles. The van der Waals surface area contributed by atoms with Gasteiger partial charge in [-0.15, -0.1) is 0 Å². The summed E-state index contributed by atoms with van der Waals surface area (Å²) in [4.78, 5) is 3.46. The van der Waals surface area contributed by atoms with Gasteiger partial charge in [0.2, 0.25) is 5.95 Å². The molecule has 4 rings (SSSR count). The van der Waals surface area contributed by atoms with E-state index < -0.39 is 41.8 Å². The Hall–Kier alpha value is -2.57. The number of rotatable bonds is 0. The van der Waals surface area contributed by atoms with Crippen molar-refractivity contribution in [3.8, 4) is 0 Å². The molecule has 1 atom stereocenters. The smallest absolute Gasteiger partial charge is 0.239 e. The largest absolute Gasteiger partial charge is 0.249 e. The predicted molar refractivity (Wildman–Crippen MR) is 76.8 cm³/mol. The standard InChI is InChI=1S/C17H7F6N/c18-11-1-6-7-2-13(20)14(21)4-9(7)16-10(8(6)3-12(11)19)5-15(22)17(23)24-16/h1-2,4-5,12H,3H2. The van der Waals surface area contributed by atoms with Crippen molar-refractivity contribution in [3.63, 3.8) is 0 Å². The van der Waals surface area contributed by atoms with Crippen LogP contribution in [0.2, 0.25) is 0 Å². The van der Waals surface area contributed by atoms with Crippen LogP contribution < -0.4 is 0 Å². The van der Waals surface area contributed by atoms with E-state index in [4.69, 9.17) is 0 Å². The van der Waals surface area contributed by atoms with Crippen LogP contribution in [-0.2, 0) is 6.42 Å². The van der Waals surface area contributed by atoms with Crippen molar-refractivity contribution in [2.75, 3.05) is 0 Å². The SMILES string of the molecule is FC1=Cc2c(c3cc(F)c(F)nc3c3cc(F)c(F)cc23)CC1F. The van der Waals surface area contributed by atoms with Crippen molar-refractivity contribution >= 4 is 27.8 Å². The zero-order chi connectivity index (χ0) is 17.2. The van der Waals surface area contributed by atoms with Gasteiger partial charge in [-0.2, -0.15) is 4.39 Å². The van der Waals surface area contributed by atoms with E-state index in [1.165, 1.54) is 0 Å². The Morgan fingerprint density at radius 2 is 1.46 bits per heavy atom. The second kappa shape index (κ2) is 4.96. The van der Waals surface area contributed by atoms with E-state index >= 15 is 0 Å². The first-order chi connectivity index (χ1) is 11.4. The zero-order valence-electron chi connectivity index (χ0n) is 11.8. The predicted octanol–water partition coefficient (Wildman–Crippen LogP) is 5.15. The molecule has 1 nitrogen and oxygen atoms in total. The van der Waals surface area contributed by atoms with Gasteiger partial charge < -0.3 is 0 Å². The summed E-state index contributed by atoms with van der Waals surface area (Å²) >= 11 is 0. The molecule has 0 radical (unpaired) electrons. The van der Waals surface area contributed by atoms with Gasteiger partial charge >= 0.3 is 0 Å². The van der Waals surface area contributed by atoms with Gasteiger partial charge in [-0.25, -0.2) is 26.9 Å². The molecular formula is C17H7F6N. The van der Waals surface area contributed by atoms with Gasteiger partial charge in [0.25, 0.3) is 0 Å². The van der Waals surface area contributed by atoms with E-state index in [-0.39, 0.29) is 32.8 Å². The monoisotopic (exact) mass is 339 g/mol. The Morgan fingerprint density at radius 1 is 0.833 bits per heavy atom. The van der Waals surface area contributed by atoms with Crippen molar-refractivity contribution in [2.24, 2.45) is 0 Å². The molecule has 0 bridgehead atoms. The third-order valence-electron chi connectivity index (χ3n) is 4.15. The van der Waals surface area contributed by atoms with Crippen LogP contribution in [0.25, 0.3) is 27.8 Å². The van der Waals surface area contributed by atoms with E-state index in [0.29, 0.717) is 0 Å². The molecule has 1 aliphatic carbocycles. The fourth-order valence-corrected chi connectivity index (χ4v) is 3.06. The normalized spacial score (nSPS) is 17.2. The van der Waals surface area contributed by atoms with Crippen molar-refractivity contribution < 1.29 is 26.3 Å². The van der Waals surface area contributed by atoms with E-state index in [9.17, 15) is 26.3 Å². The lowest BCUT2D eigenvalue weighted by atomic mass is 9.87. The molecule has 0 saturated carbocycles. The summed E-state index contributed by atoms with van der Waals surface area (Å²) in [5.74, 6) is -6.15. The highest BCUT2D eigenvalue weighted by atomic mass is 19.2. The number of hydrogen-bond acceptors (Lipinski definition) is 1. The minimum Gasteiger partial charge on any atom is -0.239 e. The molecule has 122 valence electrons. The quantitative estimate of drug-likeness (QED) is 0.314. The van der Waals surface area contributed by atoms with Crippen molar-refractivity contribution in [1.29, 1.82) is 0 Å². The maximum Gasteiger partial charge on any atom is 0.249 e. The van der Waals surface area contributed by atoms with Crippen molar-refractivity contribution in [3.05, 3.63) is 58.6 Å². The molecule has 0 N–H and O–H groups in total. The number of aromatic nitrogens is 1. The Morgan fingerprint density at radius 3 is 2.17 bits per heavy atom. The number of fused-ring (bicyclic) bond motifs is 6. The van der Waals surface area contributed by atoms with Crippen LogP contribution in [0.1, 0.15) is 11.1 Å². The van der Waals surface area contributed by atoms with Gasteiger partial charge in [0.1, 0.15) is 5.83 Å². The summed E-state index contributed by atoms with van der Waals surface area (Å²) in [7, 11) is 0. The minimum atomic E-state index is -1.95. The van der Waals surface area contributed by atoms with E-state index in [1.807, 2.05) is 0 Å². The Balaban J connectivity index is 2.28. The van der Waals surface area contributed by atoms with Crippen LogP contribution in [0.15, 0.2) is 24.0 Å². The lowest BCUT2D eigenvalue weighted by Crippen LogP contribution is -2.13. The van der Waals surface area contributed by atoms with Crippen LogP contribution in [0.4, 0.5) is 26.3 Å². The molecule has 7 heteroatoms. The van der Waals surface area contributed by atoms with E-state index in [2.05, 4.69) is 4.98 Å². The number of pyridine rings is 1. The topological polar surface area (TPSA) is 12.9 Å². The molecule has 0 saturated heterocycles. The molecule has 1 unspecified atom stereocenters. The maximum absolute atomic E-state index is 13.7. The van der Waals surface area contributed by atoms with E-state index in [0.717, 1.165) is 24.3 Å².